The van der Waals surface area contributed by atoms with Crippen molar-refractivity contribution in [2.45, 2.75) is 38.3 Å². The molecule has 3 aliphatic heterocycles. The Morgan fingerprint density at radius 3 is 2.75 bits per heavy atom. The molecule has 5 heterocycles. The third-order valence-electron chi connectivity index (χ3n) is 6.47. The second kappa shape index (κ2) is 8.56. The smallest absolute Gasteiger partial charge is 0.278 e. The van der Waals surface area contributed by atoms with Crippen molar-refractivity contribution in [3.05, 3.63) is 53.9 Å². The zero-order valence-corrected chi connectivity index (χ0v) is 19.0. The molecule has 0 saturated carbocycles. The Morgan fingerprint density at radius 2 is 1.94 bits per heavy atom. The molecular weight excluding hydrogens is 468 g/mol. The van der Waals surface area contributed by atoms with E-state index in [1.807, 2.05) is 24.3 Å². The molecule has 3 aliphatic rings. The highest BCUT2D eigenvalue weighted by molar-refractivity contribution is 6.21. The van der Waals surface area contributed by atoms with E-state index in [0.29, 0.717) is 42.2 Å². The lowest BCUT2D eigenvalue weighted by atomic mass is 10.0. The van der Waals surface area contributed by atoms with Crippen molar-refractivity contribution in [3.8, 4) is 22.8 Å². The highest BCUT2D eigenvalue weighted by Crippen LogP contribution is 2.35. The van der Waals surface area contributed by atoms with Gasteiger partial charge in [0.25, 0.3) is 11.8 Å². The Balaban J connectivity index is 1.22. The third-order valence-corrected chi connectivity index (χ3v) is 6.47. The number of carbonyl (C=O) groups excluding carboxylic acids is 4. The van der Waals surface area contributed by atoms with Gasteiger partial charge in [0.15, 0.2) is 0 Å². The molecule has 6 rings (SSSR count). The van der Waals surface area contributed by atoms with Gasteiger partial charge in [-0.2, -0.15) is 4.98 Å². The third kappa shape index (κ3) is 3.67. The Labute approximate surface area is 203 Å². The number of rotatable bonds is 5. The second-order valence-corrected chi connectivity index (χ2v) is 8.73. The molecule has 182 valence electrons. The number of imide groups is 2. The average Bonchev–Trinajstić information content (AvgIpc) is 3.62. The van der Waals surface area contributed by atoms with Crippen LogP contribution in [0, 0.1) is 0 Å². The molecule has 1 aromatic carbocycles. The first-order chi connectivity index (χ1) is 17.5. The van der Waals surface area contributed by atoms with Crippen molar-refractivity contribution in [2.24, 2.45) is 0 Å². The minimum absolute atomic E-state index is 0.0732. The highest BCUT2D eigenvalue weighted by atomic mass is 16.5. The summed E-state index contributed by atoms with van der Waals surface area (Å²) in [7, 11) is 0. The molecule has 0 aliphatic carbocycles. The summed E-state index contributed by atoms with van der Waals surface area (Å²) in [5.74, 6) is -0.950. The molecule has 1 N–H and O–H groups in total. The molecule has 36 heavy (non-hydrogen) atoms. The van der Waals surface area contributed by atoms with E-state index < -0.39 is 29.7 Å². The normalized spacial score (nSPS) is 20.3. The van der Waals surface area contributed by atoms with Crippen molar-refractivity contribution in [1.29, 1.82) is 0 Å². The maximum absolute atomic E-state index is 13.3. The van der Waals surface area contributed by atoms with E-state index in [9.17, 15) is 19.2 Å². The molecule has 0 spiro atoms. The van der Waals surface area contributed by atoms with E-state index in [2.05, 4.69) is 20.4 Å². The van der Waals surface area contributed by atoms with Crippen LogP contribution in [0.5, 0.6) is 0 Å². The Hall–Kier alpha value is -4.61. The number of hydrogen-bond acceptors (Lipinski definition) is 10. The van der Waals surface area contributed by atoms with E-state index >= 15 is 0 Å². The van der Waals surface area contributed by atoms with Gasteiger partial charge < -0.3 is 13.8 Å². The molecule has 3 aromatic rings. The Bertz CT molecular complexity index is 1420. The summed E-state index contributed by atoms with van der Waals surface area (Å²) in [5.41, 5.74) is 2.09. The number of benzene rings is 1. The van der Waals surface area contributed by atoms with Gasteiger partial charge in [0.2, 0.25) is 29.4 Å². The van der Waals surface area contributed by atoms with Gasteiger partial charge in [-0.3, -0.25) is 29.4 Å². The molecule has 1 saturated heterocycles. The van der Waals surface area contributed by atoms with Crippen LogP contribution < -0.4 is 5.32 Å². The van der Waals surface area contributed by atoms with Crippen LogP contribution in [0.4, 0.5) is 0 Å². The minimum Gasteiger partial charge on any atom is -0.445 e. The van der Waals surface area contributed by atoms with Gasteiger partial charge in [-0.1, -0.05) is 17.3 Å². The number of piperidine rings is 1. The van der Waals surface area contributed by atoms with Gasteiger partial charge >= 0.3 is 0 Å². The molecule has 0 bridgehead atoms. The molecule has 1 unspecified atom stereocenters. The van der Waals surface area contributed by atoms with Crippen molar-refractivity contribution < 1.29 is 28.1 Å². The van der Waals surface area contributed by atoms with Crippen molar-refractivity contribution >= 4 is 23.6 Å². The first-order valence-electron chi connectivity index (χ1n) is 11.5. The second-order valence-electron chi connectivity index (χ2n) is 8.73. The van der Waals surface area contributed by atoms with E-state index in [1.165, 1.54) is 6.26 Å². The van der Waals surface area contributed by atoms with Crippen molar-refractivity contribution in [3.63, 3.8) is 0 Å². The van der Waals surface area contributed by atoms with Crippen LogP contribution in [0.25, 0.3) is 22.8 Å². The standard InChI is InChI=1S/C24H20N6O6/c31-17-7-6-16(21(32)26-17)30-23(33)15-5-2-9-29(19(15)24(30)34)12-18-27-20(28-36-18)13-3-1-4-14(11-13)22-25-8-10-35-22/h1,3-4,8,10-11,16H,2,5-7,9,12H2,(H,26,31,32). The SMILES string of the molecule is O=C1CCC(N2C(=O)C3=C(C2=O)N(Cc2nc(-c4cccc(-c5ncco5)c4)no2)CCC3)C(=O)N1. The number of carbonyl (C=O) groups is 4. The number of aromatic nitrogens is 3. The fraction of sp³-hybridized carbons (Fsp3) is 0.292. The summed E-state index contributed by atoms with van der Waals surface area (Å²) in [5, 5.41) is 6.28. The van der Waals surface area contributed by atoms with Crippen molar-refractivity contribution in [1.82, 2.24) is 30.2 Å². The predicted molar refractivity (Wildman–Crippen MR) is 120 cm³/mol. The van der Waals surface area contributed by atoms with Crippen LogP contribution in [0.2, 0.25) is 0 Å². The summed E-state index contributed by atoms with van der Waals surface area (Å²) >= 11 is 0. The van der Waals surface area contributed by atoms with Gasteiger partial charge in [-0.25, -0.2) is 4.98 Å². The molecule has 2 aromatic heterocycles. The number of hydrogen-bond donors (Lipinski definition) is 1. The van der Waals surface area contributed by atoms with Crippen LogP contribution in [0.15, 0.2) is 56.9 Å². The lowest BCUT2D eigenvalue weighted by molar-refractivity contribution is -0.150. The lowest BCUT2D eigenvalue weighted by Gasteiger charge is -2.29. The summed E-state index contributed by atoms with van der Waals surface area (Å²) < 4.78 is 10.8. The maximum Gasteiger partial charge on any atom is 0.278 e. The summed E-state index contributed by atoms with van der Waals surface area (Å²) in [6.07, 6.45) is 4.33. The van der Waals surface area contributed by atoms with E-state index in [1.54, 1.807) is 11.1 Å². The number of amides is 4. The van der Waals surface area contributed by atoms with Gasteiger partial charge in [0.05, 0.1) is 12.7 Å². The topological polar surface area (TPSA) is 152 Å². The fourth-order valence-corrected chi connectivity index (χ4v) is 4.82. The zero-order valence-electron chi connectivity index (χ0n) is 19.0. The first-order valence-corrected chi connectivity index (χ1v) is 11.5. The molecule has 1 fully saturated rings. The lowest BCUT2D eigenvalue weighted by Crippen LogP contribution is -2.55. The van der Waals surface area contributed by atoms with Gasteiger partial charge in [0, 0.05) is 29.7 Å². The predicted octanol–water partition coefficient (Wildman–Crippen LogP) is 1.42. The minimum atomic E-state index is -0.999. The average molecular weight is 488 g/mol. The van der Waals surface area contributed by atoms with Gasteiger partial charge in [0.1, 0.15) is 18.0 Å². The van der Waals surface area contributed by atoms with Crippen LogP contribution in [-0.2, 0) is 25.7 Å². The van der Waals surface area contributed by atoms with Crippen LogP contribution in [-0.4, -0.2) is 61.1 Å². The highest BCUT2D eigenvalue weighted by Gasteiger charge is 2.48. The zero-order chi connectivity index (χ0) is 24.8. The van der Waals surface area contributed by atoms with Gasteiger partial charge in [-0.15, -0.1) is 0 Å². The maximum atomic E-state index is 13.3. The molecule has 0 radical (unpaired) electrons. The number of nitrogens with zero attached hydrogens (tertiary/aromatic N) is 5. The van der Waals surface area contributed by atoms with E-state index in [-0.39, 0.29) is 31.0 Å². The van der Waals surface area contributed by atoms with Crippen LogP contribution in [0.3, 0.4) is 0 Å². The number of nitrogens with one attached hydrogen (secondary N) is 1. The summed E-state index contributed by atoms with van der Waals surface area (Å²) in [6.45, 7) is 0.645. The molecular formula is C24H20N6O6. The summed E-state index contributed by atoms with van der Waals surface area (Å²) in [4.78, 5) is 61.6. The fourth-order valence-electron chi connectivity index (χ4n) is 4.82. The van der Waals surface area contributed by atoms with Crippen molar-refractivity contribution in [2.75, 3.05) is 6.54 Å². The van der Waals surface area contributed by atoms with Crippen LogP contribution in [0.1, 0.15) is 31.6 Å². The molecule has 4 amide bonds. The van der Waals surface area contributed by atoms with Gasteiger partial charge in [-0.05, 0) is 31.4 Å². The number of oxazole rings is 1. The van der Waals surface area contributed by atoms with E-state index in [0.717, 1.165) is 10.5 Å². The van der Waals surface area contributed by atoms with E-state index in [4.69, 9.17) is 8.94 Å². The molecule has 12 nitrogen and oxygen atoms in total. The quantitative estimate of drug-likeness (QED) is 0.522. The van der Waals surface area contributed by atoms with Crippen LogP contribution >= 0.6 is 0 Å². The summed E-state index contributed by atoms with van der Waals surface area (Å²) in [6, 6.07) is 6.35. The monoisotopic (exact) mass is 488 g/mol. The molecule has 1 atom stereocenters. The largest absolute Gasteiger partial charge is 0.445 e. The first kappa shape index (κ1) is 21.9. The Kier molecular flexibility index (Phi) is 5.20. The Morgan fingerprint density at radius 1 is 1.08 bits per heavy atom. The molecule has 12 heteroatoms.